The fourth-order valence-corrected chi connectivity index (χ4v) is 2.07. The van der Waals surface area contributed by atoms with Crippen LogP contribution in [0.2, 0.25) is 5.02 Å². The van der Waals surface area contributed by atoms with Gasteiger partial charge in [-0.25, -0.2) is 4.39 Å². The maximum absolute atomic E-state index is 13.1. The molecule has 0 aliphatic rings. The van der Waals surface area contributed by atoms with E-state index in [1.54, 1.807) is 12.1 Å². The first-order valence-corrected chi connectivity index (χ1v) is 7.47. The summed E-state index contributed by atoms with van der Waals surface area (Å²) in [6.07, 6.45) is 2.17. The van der Waals surface area contributed by atoms with Gasteiger partial charge in [0.05, 0.1) is 11.6 Å². The van der Waals surface area contributed by atoms with Gasteiger partial charge in [-0.15, -0.1) is 0 Å². The minimum absolute atomic E-state index is 0.122. The predicted octanol–water partition coefficient (Wildman–Crippen LogP) is 5.27. The Balaban J connectivity index is 1.93. The molecule has 21 heavy (non-hydrogen) atoms. The summed E-state index contributed by atoms with van der Waals surface area (Å²) < 4.78 is 18.8. The van der Waals surface area contributed by atoms with Gasteiger partial charge >= 0.3 is 0 Å². The lowest BCUT2D eigenvalue weighted by Gasteiger charge is -2.10. The number of unbranched alkanes of at least 4 members (excludes halogenated alkanes) is 1. The van der Waals surface area contributed by atoms with Gasteiger partial charge < -0.3 is 10.1 Å². The summed E-state index contributed by atoms with van der Waals surface area (Å²) in [4.78, 5) is 0. The number of halogens is 2. The molecule has 4 heteroatoms. The highest BCUT2D eigenvalue weighted by molar-refractivity contribution is 6.31. The average Bonchev–Trinajstić information content (AvgIpc) is 2.49. The minimum Gasteiger partial charge on any atom is -0.494 e. The van der Waals surface area contributed by atoms with Crippen molar-refractivity contribution in [1.82, 2.24) is 0 Å². The molecule has 0 aliphatic carbocycles. The van der Waals surface area contributed by atoms with Crippen LogP contribution in [-0.4, -0.2) is 6.61 Å². The van der Waals surface area contributed by atoms with Gasteiger partial charge in [0, 0.05) is 12.2 Å². The molecule has 1 N–H and O–H groups in total. The monoisotopic (exact) mass is 307 g/mol. The lowest BCUT2D eigenvalue weighted by atomic mass is 10.2. The third-order valence-corrected chi connectivity index (χ3v) is 3.37. The van der Waals surface area contributed by atoms with Crippen LogP contribution >= 0.6 is 11.6 Å². The first-order valence-electron chi connectivity index (χ1n) is 7.09. The van der Waals surface area contributed by atoms with Gasteiger partial charge in [0.2, 0.25) is 0 Å². The number of ether oxygens (including phenoxy) is 1. The molecule has 0 heterocycles. The van der Waals surface area contributed by atoms with Crippen molar-refractivity contribution in [3.05, 3.63) is 58.9 Å². The third-order valence-electron chi connectivity index (χ3n) is 3.08. The zero-order valence-electron chi connectivity index (χ0n) is 12.0. The Hall–Kier alpha value is -1.74. The highest BCUT2D eigenvalue weighted by Crippen LogP contribution is 2.20. The van der Waals surface area contributed by atoms with Crippen molar-refractivity contribution in [2.24, 2.45) is 0 Å². The molecule has 0 radical (unpaired) electrons. The lowest BCUT2D eigenvalue weighted by molar-refractivity contribution is 0.309. The standard InChI is InChI=1S/C17H19ClFNO/c1-2-3-9-21-15-6-4-5-13(10-15)12-20-14-7-8-17(19)16(18)11-14/h4-8,10-11,20H,2-3,9,12H2,1H3. The quantitative estimate of drug-likeness (QED) is 0.704. The number of hydrogen-bond acceptors (Lipinski definition) is 2. The second-order valence-corrected chi connectivity index (χ2v) is 5.24. The Morgan fingerprint density at radius 1 is 1.19 bits per heavy atom. The normalized spacial score (nSPS) is 10.4. The summed E-state index contributed by atoms with van der Waals surface area (Å²) in [6, 6.07) is 12.6. The van der Waals surface area contributed by atoms with Gasteiger partial charge in [-0.05, 0) is 42.3 Å². The van der Waals surface area contributed by atoms with Gasteiger partial charge in [-0.2, -0.15) is 0 Å². The van der Waals surface area contributed by atoms with Gasteiger partial charge in [-0.3, -0.25) is 0 Å². The second-order valence-electron chi connectivity index (χ2n) is 4.83. The number of anilines is 1. The van der Waals surface area contributed by atoms with E-state index in [2.05, 4.69) is 12.2 Å². The molecule has 0 amide bonds. The summed E-state index contributed by atoms with van der Waals surface area (Å²) in [5.41, 5.74) is 1.89. The number of hydrogen-bond donors (Lipinski definition) is 1. The molecule has 0 aliphatic heterocycles. The van der Waals surface area contributed by atoms with Crippen molar-refractivity contribution in [2.75, 3.05) is 11.9 Å². The Kier molecular flexibility index (Phi) is 5.88. The first kappa shape index (κ1) is 15.6. The van der Waals surface area contributed by atoms with Crippen molar-refractivity contribution in [1.29, 1.82) is 0 Å². The van der Waals surface area contributed by atoms with Crippen LogP contribution in [0.4, 0.5) is 10.1 Å². The lowest BCUT2D eigenvalue weighted by Crippen LogP contribution is -2.01. The van der Waals surface area contributed by atoms with Crippen LogP contribution in [0.25, 0.3) is 0 Å². The molecule has 2 aromatic rings. The Morgan fingerprint density at radius 3 is 2.81 bits per heavy atom. The van der Waals surface area contributed by atoms with Crippen LogP contribution in [0.1, 0.15) is 25.3 Å². The Bertz CT molecular complexity index is 589. The molecule has 112 valence electrons. The van der Waals surface area contributed by atoms with Crippen molar-refractivity contribution in [2.45, 2.75) is 26.3 Å². The molecule has 0 spiro atoms. The molecule has 0 unspecified atom stereocenters. The summed E-state index contributed by atoms with van der Waals surface area (Å²) in [5, 5.41) is 3.34. The minimum atomic E-state index is -0.409. The zero-order valence-corrected chi connectivity index (χ0v) is 12.8. The highest BCUT2D eigenvalue weighted by Gasteiger charge is 2.01. The second kappa shape index (κ2) is 7.89. The van der Waals surface area contributed by atoms with Crippen LogP contribution in [0.3, 0.4) is 0 Å². The summed E-state index contributed by atoms with van der Waals surface area (Å²) >= 11 is 5.76. The smallest absolute Gasteiger partial charge is 0.141 e. The maximum atomic E-state index is 13.1. The predicted molar refractivity (Wildman–Crippen MR) is 85.6 cm³/mol. The van der Waals surface area contributed by atoms with Crippen molar-refractivity contribution in [3.8, 4) is 5.75 Å². The van der Waals surface area contributed by atoms with Gasteiger partial charge in [-0.1, -0.05) is 37.1 Å². The van der Waals surface area contributed by atoms with E-state index in [1.807, 2.05) is 24.3 Å². The SMILES string of the molecule is CCCCOc1cccc(CNc2ccc(F)c(Cl)c2)c1. The average molecular weight is 308 g/mol. The van der Waals surface area contributed by atoms with E-state index in [9.17, 15) is 4.39 Å². The molecule has 0 saturated heterocycles. The molecule has 0 atom stereocenters. The van der Waals surface area contributed by atoms with E-state index in [4.69, 9.17) is 16.3 Å². The van der Waals surface area contributed by atoms with Gasteiger partial charge in [0.25, 0.3) is 0 Å². The number of rotatable bonds is 7. The topological polar surface area (TPSA) is 21.3 Å². The molecular weight excluding hydrogens is 289 g/mol. The fourth-order valence-electron chi connectivity index (χ4n) is 1.89. The van der Waals surface area contributed by atoms with Gasteiger partial charge in [0.1, 0.15) is 11.6 Å². The third kappa shape index (κ3) is 4.94. The largest absolute Gasteiger partial charge is 0.494 e. The molecule has 2 aromatic carbocycles. The fraction of sp³-hybridized carbons (Fsp3) is 0.294. The summed E-state index contributed by atoms with van der Waals surface area (Å²) in [7, 11) is 0. The Labute approximate surface area is 129 Å². The zero-order chi connectivity index (χ0) is 15.1. The van der Waals surface area contributed by atoms with Crippen LogP contribution in [0.5, 0.6) is 5.75 Å². The van der Waals surface area contributed by atoms with Gasteiger partial charge in [0.15, 0.2) is 0 Å². The van der Waals surface area contributed by atoms with E-state index in [0.29, 0.717) is 6.54 Å². The molecule has 0 bridgehead atoms. The van der Waals surface area contributed by atoms with Crippen LogP contribution in [0.15, 0.2) is 42.5 Å². The van der Waals surface area contributed by atoms with Crippen LogP contribution in [-0.2, 0) is 6.54 Å². The summed E-state index contributed by atoms with van der Waals surface area (Å²) in [6.45, 7) is 3.51. The highest BCUT2D eigenvalue weighted by atomic mass is 35.5. The van der Waals surface area contributed by atoms with Crippen LogP contribution in [0, 0.1) is 5.82 Å². The van der Waals surface area contributed by atoms with E-state index >= 15 is 0 Å². The van der Waals surface area contributed by atoms with E-state index < -0.39 is 5.82 Å². The van der Waals surface area contributed by atoms with Crippen molar-refractivity contribution >= 4 is 17.3 Å². The van der Waals surface area contributed by atoms with E-state index in [1.165, 1.54) is 6.07 Å². The summed E-state index contributed by atoms with van der Waals surface area (Å²) in [5.74, 6) is 0.466. The number of nitrogens with one attached hydrogen (secondary N) is 1. The molecule has 2 rings (SSSR count). The van der Waals surface area contributed by atoms with Crippen LogP contribution < -0.4 is 10.1 Å². The first-order chi connectivity index (χ1) is 10.2. The molecule has 0 aromatic heterocycles. The van der Waals surface area contributed by atoms with E-state index in [-0.39, 0.29) is 5.02 Å². The Morgan fingerprint density at radius 2 is 2.05 bits per heavy atom. The molecule has 0 saturated carbocycles. The molecular formula is C17H19ClFNO. The maximum Gasteiger partial charge on any atom is 0.141 e. The molecule has 0 fully saturated rings. The van der Waals surface area contributed by atoms with E-state index in [0.717, 1.165) is 36.4 Å². The molecule has 2 nitrogen and oxygen atoms in total. The van der Waals surface area contributed by atoms with Crippen molar-refractivity contribution < 1.29 is 9.13 Å². The van der Waals surface area contributed by atoms with Crippen molar-refractivity contribution in [3.63, 3.8) is 0 Å². The number of benzene rings is 2.